The number of halogens is 3. The number of hydrogen-bond donors (Lipinski definition) is 1. The number of rotatable bonds is 3. The standard InChI is InChI=1S/C11H10BrCl2N3/c1-17-9(3-10(13)11(17)14)6-16-8-2-7(12)4-15-5-8/h2-5,16H,6H2,1H3. The molecule has 0 atom stereocenters. The minimum Gasteiger partial charge on any atom is -0.378 e. The van der Waals surface area contributed by atoms with Crippen molar-refractivity contribution in [2.24, 2.45) is 7.05 Å². The van der Waals surface area contributed by atoms with Crippen LogP contribution in [0.5, 0.6) is 0 Å². The van der Waals surface area contributed by atoms with E-state index in [0.29, 0.717) is 16.7 Å². The van der Waals surface area contributed by atoms with E-state index in [1.165, 1.54) is 0 Å². The topological polar surface area (TPSA) is 29.9 Å². The zero-order valence-corrected chi connectivity index (χ0v) is 12.1. The van der Waals surface area contributed by atoms with E-state index < -0.39 is 0 Å². The second kappa shape index (κ2) is 5.29. The Bertz CT molecular complexity index is 540. The van der Waals surface area contributed by atoms with Crippen LogP contribution in [0.2, 0.25) is 10.2 Å². The van der Waals surface area contributed by atoms with E-state index >= 15 is 0 Å². The lowest BCUT2D eigenvalue weighted by Crippen LogP contribution is -2.04. The van der Waals surface area contributed by atoms with Crippen molar-refractivity contribution < 1.29 is 0 Å². The van der Waals surface area contributed by atoms with E-state index in [9.17, 15) is 0 Å². The van der Waals surface area contributed by atoms with Gasteiger partial charge in [-0.15, -0.1) is 0 Å². The average Bonchev–Trinajstić information content (AvgIpc) is 2.54. The predicted octanol–water partition coefficient (Wildman–Crippen LogP) is 4.10. The molecule has 2 aromatic rings. The van der Waals surface area contributed by atoms with Gasteiger partial charge in [-0.1, -0.05) is 23.2 Å². The van der Waals surface area contributed by atoms with Crippen LogP contribution in [-0.2, 0) is 13.6 Å². The van der Waals surface area contributed by atoms with Crippen LogP contribution in [0.4, 0.5) is 5.69 Å². The lowest BCUT2D eigenvalue weighted by molar-refractivity contribution is 0.843. The van der Waals surface area contributed by atoms with Crippen molar-refractivity contribution in [3.8, 4) is 0 Å². The first-order chi connectivity index (χ1) is 8.08. The van der Waals surface area contributed by atoms with Gasteiger partial charge < -0.3 is 9.88 Å². The molecule has 2 rings (SSSR count). The monoisotopic (exact) mass is 333 g/mol. The highest BCUT2D eigenvalue weighted by atomic mass is 79.9. The van der Waals surface area contributed by atoms with E-state index in [1.807, 2.05) is 23.7 Å². The molecule has 0 aliphatic carbocycles. The third-order valence-electron chi connectivity index (χ3n) is 2.39. The fourth-order valence-corrected chi connectivity index (χ4v) is 2.24. The summed E-state index contributed by atoms with van der Waals surface area (Å²) >= 11 is 15.3. The Kier molecular flexibility index (Phi) is 3.97. The van der Waals surface area contributed by atoms with Gasteiger partial charge in [0.05, 0.1) is 23.5 Å². The van der Waals surface area contributed by atoms with Crippen molar-refractivity contribution in [2.45, 2.75) is 6.54 Å². The molecule has 0 aliphatic rings. The Labute approximate surface area is 118 Å². The van der Waals surface area contributed by atoms with E-state index in [2.05, 4.69) is 26.2 Å². The third kappa shape index (κ3) is 2.94. The normalized spacial score (nSPS) is 10.6. The quantitative estimate of drug-likeness (QED) is 0.915. The Morgan fingerprint density at radius 2 is 2.12 bits per heavy atom. The van der Waals surface area contributed by atoms with Gasteiger partial charge in [-0.3, -0.25) is 4.98 Å². The van der Waals surface area contributed by atoms with E-state index in [1.54, 1.807) is 12.4 Å². The maximum atomic E-state index is 5.99. The smallest absolute Gasteiger partial charge is 0.127 e. The second-order valence-electron chi connectivity index (χ2n) is 3.58. The summed E-state index contributed by atoms with van der Waals surface area (Å²) < 4.78 is 2.79. The summed E-state index contributed by atoms with van der Waals surface area (Å²) in [6.45, 7) is 0.640. The van der Waals surface area contributed by atoms with Crippen molar-refractivity contribution in [1.29, 1.82) is 0 Å². The lowest BCUT2D eigenvalue weighted by atomic mass is 10.4. The summed E-state index contributed by atoms with van der Waals surface area (Å²) in [6.07, 6.45) is 3.50. The molecule has 0 aromatic carbocycles. The van der Waals surface area contributed by atoms with Gasteiger partial charge in [-0.2, -0.15) is 0 Å². The summed E-state index contributed by atoms with van der Waals surface area (Å²) in [5, 5.41) is 4.37. The van der Waals surface area contributed by atoms with Gasteiger partial charge in [0.1, 0.15) is 5.15 Å². The minimum atomic E-state index is 0.552. The zero-order valence-electron chi connectivity index (χ0n) is 9.04. The van der Waals surface area contributed by atoms with Crippen LogP contribution < -0.4 is 5.32 Å². The number of nitrogens with one attached hydrogen (secondary N) is 1. The van der Waals surface area contributed by atoms with Gasteiger partial charge in [0.15, 0.2) is 0 Å². The number of nitrogens with zero attached hydrogens (tertiary/aromatic N) is 2. The third-order valence-corrected chi connectivity index (χ3v) is 3.67. The minimum absolute atomic E-state index is 0.552. The summed E-state index contributed by atoms with van der Waals surface area (Å²) in [6, 6.07) is 3.81. The number of pyridine rings is 1. The maximum absolute atomic E-state index is 5.99. The van der Waals surface area contributed by atoms with E-state index in [0.717, 1.165) is 15.9 Å². The number of anilines is 1. The highest BCUT2D eigenvalue weighted by molar-refractivity contribution is 9.10. The first-order valence-electron chi connectivity index (χ1n) is 4.92. The van der Waals surface area contributed by atoms with Crippen molar-refractivity contribution in [3.63, 3.8) is 0 Å². The van der Waals surface area contributed by atoms with Crippen LogP contribution in [0, 0.1) is 0 Å². The molecule has 0 saturated carbocycles. The molecule has 0 radical (unpaired) electrons. The van der Waals surface area contributed by atoms with Crippen LogP contribution in [-0.4, -0.2) is 9.55 Å². The average molecular weight is 335 g/mol. The molecule has 90 valence electrons. The fourth-order valence-electron chi connectivity index (χ4n) is 1.46. The fraction of sp³-hybridized carbons (Fsp3) is 0.182. The van der Waals surface area contributed by atoms with Gasteiger partial charge in [-0.25, -0.2) is 0 Å². The van der Waals surface area contributed by atoms with Crippen LogP contribution in [0.1, 0.15) is 5.69 Å². The van der Waals surface area contributed by atoms with E-state index in [4.69, 9.17) is 23.2 Å². The van der Waals surface area contributed by atoms with E-state index in [-0.39, 0.29) is 0 Å². The van der Waals surface area contributed by atoms with Crippen LogP contribution in [0.25, 0.3) is 0 Å². The molecule has 0 saturated heterocycles. The van der Waals surface area contributed by atoms with Crippen molar-refractivity contribution in [1.82, 2.24) is 9.55 Å². The molecule has 1 N–H and O–H groups in total. The Balaban J connectivity index is 2.10. The molecular weight excluding hydrogens is 325 g/mol. The second-order valence-corrected chi connectivity index (χ2v) is 5.26. The van der Waals surface area contributed by atoms with Gasteiger partial charge >= 0.3 is 0 Å². The molecule has 6 heteroatoms. The number of hydrogen-bond acceptors (Lipinski definition) is 2. The summed E-state index contributed by atoms with van der Waals surface area (Å²) in [5.41, 5.74) is 1.95. The summed E-state index contributed by atoms with van der Waals surface area (Å²) in [5.74, 6) is 0. The largest absolute Gasteiger partial charge is 0.378 e. The van der Waals surface area contributed by atoms with Crippen LogP contribution in [0.15, 0.2) is 29.0 Å². The van der Waals surface area contributed by atoms with Crippen molar-refractivity contribution in [3.05, 3.63) is 44.9 Å². The number of aromatic nitrogens is 2. The molecule has 0 amide bonds. The predicted molar refractivity (Wildman–Crippen MR) is 74.7 cm³/mol. The molecule has 0 spiro atoms. The molecule has 0 fully saturated rings. The van der Waals surface area contributed by atoms with Gasteiger partial charge in [0.25, 0.3) is 0 Å². The maximum Gasteiger partial charge on any atom is 0.127 e. The first-order valence-corrected chi connectivity index (χ1v) is 6.47. The zero-order chi connectivity index (χ0) is 12.4. The van der Waals surface area contributed by atoms with Crippen LogP contribution in [0.3, 0.4) is 0 Å². The molecule has 0 aliphatic heterocycles. The van der Waals surface area contributed by atoms with Gasteiger partial charge in [0.2, 0.25) is 0 Å². The van der Waals surface area contributed by atoms with Gasteiger partial charge in [-0.05, 0) is 28.1 Å². The SMILES string of the molecule is Cn1c(CNc2cncc(Br)c2)cc(Cl)c1Cl. The summed E-state index contributed by atoms with van der Waals surface area (Å²) in [7, 11) is 1.88. The Morgan fingerprint density at radius 3 is 2.71 bits per heavy atom. The summed E-state index contributed by atoms with van der Waals surface area (Å²) in [4.78, 5) is 4.07. The molecule has 17 heavy (non-hydrogen) atoms. The molecule has 0 unspecified atom stereocenters. The molecule has 2 aromatic heterocycles. The molecule has 0 bridgehead atoms. The Morgan fingerprint density at radius 1 is 1.35 bits per heavy atom. The van der Waals surface area contributed by atoms with Crippen LogP contribution >= 0.6 is 39.1 Å². The highest BCUT2D eigenvalue weighted by Gasteiger charge is 2.08. The highest BCUT2D eigenvalue weighted by Crippen LogP contribution is 2.25. The molecular formula is C11H10BrCl2N3. The van der Waals surface area contributed by atoms with Crippen molar-refractivity contribution in [2.75, 3.05) is 5.32 Å². The molecule has 3 nitrogen and oxygen atoms in total. The van der Waals surface area contributed by atoms with Gasteiger partial charge in [0, 0.05) is 23.4 Å². The van der Waals surface area contributed by atoms with Crippen molar-refractivity contribution >= 4 is 44.8 Å². The first kappa shape index (κ1) is 12.7. The lowest BCUT2D eigenvalue weighted by Gasteiger charge is -2.07. The Hall–Kier alpha value is -0.710. The molecule has 2 heterocycles.